The van der Waals surface area contributed by atoms with Crippen molar-refractivity contribution >= 4 is 10.8 Å². The Morgan fingerprint density at radius 3 is 2.33 bits per heavy atom. The molecule has 0 fully saturated rings. The van der Waals surface area contributed by atoms with E-state index in [1.54, 1.807) is 10.9 Å². The fourth-order valence-electron chi connectivity index (χ4n) is 2.78. The number of aryl methyl sites for hydroxylation is 3. The van der Waals surface area contributed by atoms with Gasteiger partial charge < -0.3 is 4.74 Å². The van der Waals surface area contributed by atoms with Crippen LogP contribution in [0.25, 0.3) is 0 Å². The number of ether oxygens (including phenoxy) is 1. The van der Waals surface area contributed by atoms with E-state index in [2.05, 4.69) is 11.2 Å². The molecule has 0 bridgehead atoms. The molecule has 128 valence electrons. The number of nitriles is 1. The Morgan fingerprint density at radius 2 is 1.88 bits per heavy atom. The molecule has 6 heteroatoms. The summed E-state index contributed by atoms with van der Waals surface area (Å²) >= 11 is 0. The minimum absolute atomic E-state index is 0.366. The van der Waals surface area contributed by atoms with Crippen molar-refractivity contribution < 1.29 is 8.95 Å². The smallest absolute Gasteiger partial charge is 0.171 e. The number of aromatic nitrogens is 2. The van der Waals surface area contributed by atoms with Crippen LogP contribution in [0.5, 0.6) is 11.5 Å². The standard InChI is InChI=1S/C18H23N3O2S/c1-6-16-18(17(7-2)21(20-16)11-24(5)22)23-14-8-12(3)15(10-19)13(4)9-14/h8-9H,6-7,11H2,1-5H3. The molecule has 2 rings (SSSR count). The van der Waals surface area contributed by atoms with Crippen LogP contribution in [0.15, 0.2) is 12.1 Å². The SMILES string of the molecule is CCc1nn(CS(C)=O)c(CC)c1Oc1cc(C)c(C#N)c(C)c1. The summed E-state index contributed by atoms with van der Waals surface area (Å²) in [4.78, 5) is 0. The number of nitrogens with zero attached hydrogens (tertiary/aromatic N) is 3. The van der Waals surface area contributed by atoms with Crippen molar-refractivity contribution in [2.45, 2.75) is 46.4 Å². The van der Waals surface area contributed by atoms with Gasteiger partial charge in [-0.3, -0.25) is 8.89 Å². The number of benzene rings is 1. The molecule has 0 N–H and O–H groups in total. The van der Waals surface area contributed by atoms with Crippen LogP contribution < -0.4 is 4.74 Å². The van der Waals surface area contributed by atoms with E-state index in [0.717, 1.165) is 41.1 Å². The fraction of sp³-hybridized carbons (Fsp3) is 0.444. The van der Waals surface area contributed by atoms with E-state index in [0.29, 0.717) is 17.2 Å². The maximum Gasteiger partial charge on any atom is 0.171 e. The summed E-state index contributed by atoms with van der Waals surface area (Å²) in [5.74, 6) is 1.81. The van der Waals surface area contributed by atoms with E-state index in [1.807, 2.05) is 39.8 Å². The second kappa shape index (κ2) is 7.63. The molecule has 1 aromatic heterocycles. The van der Waals surface area contributed by atoms with Crippen LogP contribution in [-0.2, 0) is 29.5 Å². The molecule has 0 aliphatic carbocycles. The van der Waals surface area contributed by atoms with Gasteiger partial charge in [0.1, 0.15) is 17.3 Å². The summed E-state index contributed by atoms with van der Waals surface area (Å²) in [6.07, 6.45) is 3.15. The molecule has 0 aliphatic heterocycles. The van der Waals surface area contributed by atoms with Gasteiger partial charge in [-0.15, -0.1) is 0 Å². The average Bonchev–Trinajstić information content (AvgIpc) is 2.82. The monoisotopic (exact) mass is 345 g/mol. The first-order valence-electron chi connectivity index (χ1n) is 7.98. The molecule has 1 atom stereocenters. The van der Waals surface area contributed by atoms with Crippen LogP contribution in [0.2, 0.25) is 0 Å². The van der Waals surface area contributed by atoms with Crippen molar-refractivity contribution in [2.75, 3.05) is 6.26 Å². The molecule has 0 spiro atoms. The predicted octanol–water partition coefficient (Wildman–Crippen LogP) is 3.62. The van der Waals surface area contributed by atoms with Crippen LogP contribution in [0.4, 0.5) is 0 Å². The van der Waals surface area contributed by atoms with Crippen LogP contribution >= 0.6 is 0 Å². The summed E-state index contributed by atoms with van der Waals surface area (Å²) < 4.78 is 19.5. The molecule has 5 nitrogen and oxygen atoms in total. The lowest BCUT2D eigenvalue weighted by Crippen LogP contribution is -2.08. The van der Waals surface area contributed by atoms with Gasteiger partial charge in [-0.05, 0) is 49.9 Å². The highest BCUT2D eigenvalue weighted by atomic mass is 32.2. The van der Waals surface area contributed by atoms with Crippen molar-refractivity contribution in [2.24, 2.45) is 0 Å². The third-order valence-electron chi connectivity index (χ3n) is 3.89. The molecule has 0 aliphatic rings. The molecular weight excluding hydrogens is 322 g/mol. The van der Waals surface area contributed by atoms with Crippen molar-refractivity contribution in [1.82, 2.24) is 9.78 Å². The molecule has 0 saturated carbocycles. The Labute approximate surface area is 145 Å². The van der Waals surface area contributed by atoms with Gasteiger partial charge in [-0.25, -0.2) is 0 Å². The Balaban J connectivity index is 2.47. The van der Waals surface area contributed by atoms with Gasteiger partial charge in [-0.1, -0.05) is 13.8 Å². The van der Waals surface area contributed by atoms with Crippen LogP contribution in [0, 0.1) is 25.2 Å². The van der Waals surface area contributed by atoms with Crippen LogP contribution in [0.3, 0.4) is 0 Å². The second-order valence-corrected chi connectivity index (χ2v) is 7.18. The zero-order valence-electron chi connectivity index (χ0n) is 14.8. The molecule has 0 saturated heterocycles. The summed E-state index contributed by atoms with van der Waals surface area (Å²) in [5, 5.41) is 13.8. The quantitative estimate of drug-likeness (QED) is 0.802. The van der Waals surface area contributed by atoms with Crippen molar-refractivity contribution in [3.8, 4) is 17.6 Å². The Kier molecular flexibility index (Phi) is 5.79. The van der Waals surface area contributed by atoms with Gasteiger partial charge >= 0.3 is 0 Å². The highest BCUT2D eigenvalue weighted by molar-refractivity contribution is 7.83. The minimum Gasteiger partial charge on any atom is -0.453 e. The predicted molar refractivity (Wildman–Crippen MR) is 95.8 cm³/mol. The van der Waals surface area contributed by atoms with Gasteiger partial charge in [0, 0.05) is 17.1 Å². The molecule has 1 aromatic carbocycles. The zero-order chi connectivity index (χ0) is 17.9. The number of hydrogen-bond acceptors (Lipinski definition) is 4. The Morgan fingerprint density at radius 1 is 1.25 bits per heavy atom. The van der Waals surface area contributed by atoms with Gasteiger partial charge in [0.2, 0.25) is 0 Å². The number of hydrogen-bond donors (Lipinski definition) is 0. The van der Waals surface area contributed by atoms with E-state index in [-0.39, 0.29) is 0 Å². The van der Waals surface area contributed by atoms with E-state index in [9.17, 15) is 9.47 Å². The van der Waals surface area contributed by atoms with Crippen molar-refractivity contribution in [1.29, 1.82) is 5.26 Å². The topological polar surface area (TPSA) is 67.9 Å². The van der Waals surface area contributed by atoms with Gasteiger partial charge in [0.05, 0.1) is 17.3 Å². The first kappa shape index (κ1) is 18.2. The third kappa shape index (κ3) is 3.68. The van der Waals surface area contributed by atoms with E-state index in [1.165, 1.54) is 0 Å². The highest BCUT2D eigenvalue weighted by Crippen LogP contribution is 2.32. The maximum absolute atomic E-state index is 11.6. The van der Waals surface area contributed by atoms with Crippen molar-refractivity contribution in [3.05, 3.63) is 40.2 Å². The summed E-state index contributed by atoms with van der Waals surface area (Å²) in [6, 6.07) is 5.97. The molecular formula is C18H23N3O2S. The van der Waals surface area contributed by atoms with Gasteiger partial charge in [-0.2, -0.15) is 10.4 Å². The lowest BCUT2D eigenvalue weighted by Gasteiger charge is -2.11. The second-order valence-electron chi connectivity index (χ2n) is 5.78. The summed E-state index contributed by atoms with van der Waals surface area (Å²) in [7, 11) is -0.975. The lowest BCUT2D eigenvalue weighted by atomic mass is 10.0. The van der Waals surface area contributed by atoms with E-state index in [4.69, 9.17) is 4.74 Å². The highest BCUT2D eigenvalue weighted by Gasteiger charge is 2.19. The van der Waals surface area contributed by atoms with Crippen LogP contribution in [-0.4, -0.2) is 20.2 Å². The Bertz CT molecular complexity index is 795. The first-order chi connectivity index (χ1) is 11.4. The normalized spacial score (nSPS) is 12.0. The van der Waals surface area contributed by atoms with E-state index >= 15 is 0 Å². The minimum atomic E-state index is -0.975. The van der Waals surface area contributed by atoms with E-state index < -0.39 is 10.8 Å². The fourth-order valence-corrected chi connectivity index (χ4v) is 3.34. The van der Waals surface area contributed by atoms with Gasteiger partial charge in [0.25, 0.3) is 0 Å². The van der Waals surface area contributed by atoms with Gasteiger partial charge in [0.15, 0.2) is 5.75 Å². The van der Waals surface area contributed by atoms with Crippen molar-refractivity contribution in [3.63, 3.8) is 0 Å². The zero-order valence-corrected chi connectivity index (χ0v) is 15.7. The summed E-state index contributed by atoms with van der Waals surface area (Å²) in [6.45, 7) is 7.87. The largest absolute Gasteiger partial charge is 0.453 e. The molecule has 2 aromatic rings. The molecule has 1 unspecified atom stereocenters. The van der Waals surface area contributed by atoms with Crippen LogP contribution in [0.1, 0.15) is 41.9 Å². The molecule has 1 heterocycles. The maximum atomic E-state index is 11.6. The third-order valence-corrected chi connectivity index (χ3v) is 4.50. The first-order valence-corrected chi connectivity index (χ1v) is 9.71. The molecule has 0 amide bonds. The molecule has 0 radical (unpaired) electrons. The Hall–Kier alpha value is -2.13. The average molecular weight is 345 g/mol. The number of rotatable bonds is 6. The molecule has 24 heavy (non-hydrogen) atoms. The summed E-state index contributed by atoms with van der Waals surface area (Å²) in [5.41, 5.74) is 4.28. The lowest BCUT2D eigenvalue weighted by molar-refractivity contribution is 0.468.